The lowest BCUT2D eigenvalue weighted by atomic mass is 9.88. The summed E-state index contributed by atoms with van der Waals surface area (Å²) in [6.45, 7) is 10.4. The fourth-order valence-corrected chi connectivity index (χ4v) is 5.70. The molecule has 1 saturated heterocycles. The summed E-state index contributed by atoms with van der Waals surface area (Å²) in [7, 11) is -3.60. The Bertz CT molecular complexity index is 1140. The maximum atomic E-state index is 13.3. The van der Waals surface area contributed by atoms with E-state index in [2.05, 4.69) is 10.6 Å². The number of piperidine rings is 1. The molecule has 2 atom stereocenters. The maximum Gasteiger partial charge on any atom is 0.252 e. The van der Waals surface area contributed by atoms with Crippen LogP contribution < -0.4 is 10.6 Å². The second kappa shape index (κ2) is 11.4. The van der Waals surface area contributed by atoms with Gasteiger partial charge in [-0.2, -0.15) is 4.31 Å². The molecule has 0 spiro atoms. The topological polar surface area (TPSA) is 95.6 Å². The normalized spacial score (nSPS) is 17.1. The summed E-state index contributed by atoms with van der Waals surface area (Å²) >= 11 is 0. The molecule has 190 valence electrons. The minimum atomic E-state index is -3.60. The quantitative estimate of drug-likeness (QED) is 0.579. The maximum absolute atomic E-state index is 13.3. The van der Waals surface area contributed by atoms with E-state index in [1.807, 2.05) is 46.8 Å². The third kappa shape index (κ3) is 6.49. The van der Waals surface area contributed by atoms with Crippen molar-refractivity contribution in [1.29, 1.82) is 0 Å². The molecule has 0 aliphatic carbocycles. The molecule has 0 bridgehead atoms. The molecular formula is C27H37N3O4S. The number of nitrogens with zero attached hydrogens (tertiary/aromatic N) is 1. The highest BCUT2D eigenvalue weighted by atomic mass is 32.2. The highest BCUT2D eigenvalue weighted by Gasteiger charge is 2.37. The predicted molar refractivity (Wildman–Crippen MR) is 138 cm³/mol. The Morgan fingerprint density at radius 2 is 1.51 bits per heavy atom. The molecule has 2 N–H and O–H groups in total. The van der Waals surface area contributed by atoms with Crippen molar-refractivity contribution in [2.75, 3.05) is 13.1 Å². The molecule has 7 nitrogen and oxygen atoms in total. The van der Waals surface area contributed by atoms with E-state index in [1.54, 1.807) is 36.4 Å². The van der Waals surface area contributed by atoms with Gasteiger partial charge in [0.2, 0.25) is 15.9 Å². The van der Waals surface area contributed by atoms with Gasteiger partial charge >= 0.3 is 0 Å². The number of rotatable bonds is 8. The molecule has 1 heterocycles. The van der Waals surface area contributed by atoms with Crippen molar-refractivity contribution in [3.8, 4) is 0 Å². The van der Waals surface area contributed by atoms with Gasteiger partial charge in [-0.1, -0.05) is 49.7 Å². The molecule has 2 aromatic rings. The number of carbonyl (C=O) groups is 2. The SMILES string of the molecule is Cc1ccc(S(=O)(=O)N2CCC([C@H](NC(=O)c3ccccc3C)C(=O)N[C@@H](C)C(C)C)CC2)cc1. The highest BCUT2D eigenvalue weighted by molar-refractivity contribution is 7.89. The predicted octanol–water partition coefficient (Wildman–Crippen LogP) is 3.66. The van der Waals surface area contributed by atoms with Crippen LogP contribution in [0.25, 0.3) is 0 Å². The van der Waals surface area contributed by atoms with Gasteiger partial charge in [-0.25, -0.2) is 8.42 Å². The second-order valence-corrected chi connectivity index (χ2v) is 11.8. The van der Waals surface area contributed by atoms with Gasteiger partial charge in [-0.15, -0.1) is 0 Å². The first-order valence-electron chi connectivity index (χ1n) is 12.2. The smallest absolute Gasteiger partial charge is 0.252 e. The van der Waals surface area contributed by atoms with E-state index in [-0.39, 0.29) is 34.6 Å². The van der Waals surface area contributed by atoms with E-state index in [1.165, 1.54) is 4.31 Å². The Hall–Kier alpha value is -2.71. The van der Waals surface area contributed by atoms with E-state index >= 15 is 0 Å². The van der Waals surface area contributed by atoms with E-state index in [0.29, 0.717) is 31.5 Å². The summed E-state index contributed by atoms with van der Waals surface area (Å²) in [6, 6.07) is 13.3. The number of hydrogen-bond acceptors (Lipinski definition) is 4. The number of carbonyl (C=O) groups excluding carboxylic acids is 2. The Morgan fingerprint density at radius 3 is 2.09 bits per heavy atom. The van der Waals surface area contributed by atoms with Crippen molar-refractivity contribution in [3.05, 3.63) is 65.2 Å². The largest absolute Gasteiger partial charge is 0.352 e. The number of aryl methyl sites for hydroxylation is 2. The van der Waals surface area contributed by atoms with Gasteiger partial charge < -0.3 is 10.6 Å². The minimum absolute atomic E-state index is 0.0534. The van der Waals surface area contributed by atoms with Crippen LogP contribution in [-0.2, 0) is 14.8 Å². The zero-order valence-corrected chi connectivity index (χ0v) is 22.1. The lowest BCUT2D eigenvalue weighted by Crippen LogP contribution is -2.55. The molecule has 35 heavy (non-hydrogen) atoms. The van der Waals surface area contributed by atoms with E-state index in [9.17, 15) is 18.0 Å². The van der Waals surface area contributed by atoms with Gasteiger partial charge in [0.15, 0.2) is 0 Å². The number of benzene rings is 2. The number of sulfonamides is 1. The molecular weight excluding hydrogens is 462 g/mol. The molecule has 2 amide bonds. The summed E-state index contributed by atoms with van der Waals surface area (Å²) in [6.07, 6.45) is 0.959. The van der Waals surface area contributed by atoms with Gasteiger partial charge in [0.25, 0.3) is 5.91 Å². The molecule has 1 aliphatic rings. The highest BCUT2D eigenvalue weighted by Crippen LogP contribution is 2.27. The minimum Gasteiger partial charge on any atom is -0.352 e. The third-order valence-electron chi connectivity index (χ3n) is 6.96. The van der Waals surface area contributed by atoms with Crippen LogP contribution in [0.4, 0.5) is 0 Å². The summed E-state index contributed by atoms with van der Waals surface area (Å²) in [5.74, 6) is -0.455. The van der Waals surface area contributed by atoms with Crippen molar-refractivity contribution in [1.82, 2.24) is 14.9 Å². The summed E-state index contributed by atoms with van der Waals surface area (Å²) < 4.78 is 27.7. The molecule has 0 unspecified atom stereocenters. The average Bonchev–Trinajstić information content (AvgIpc) is 2.83. The van der Waals surface area contributed by atoms with Crippen molar-refractivity contribution in [2.45, 2.75) is 64.4 Å². The van der Waals surface area contributed by atoms with Gasteiger partial charge in [0.1, 0.15) is 6.04 Å². The van der Waals surface area contributed by atoms with Crippen molar-refractivity contribution in [2.24, 2.45) is 11.8 Å². The van der Waals surface area contributed by atoms with Crippen LogP contribution in [0.5, 0.6) is 0 Å². The van der Waals surface area contributed by atoms with Crippen LogP contribution in [0.3, 0.4) is 0 Å². The molecule has 3 rings (SSSR count). The third-order valence-corrected chi connectivity index (χ3v) is 8.87. The molecule has 2 aromatic carbocycles. The molecule has 0 saturated carbocycles. The molecule has 0 aromatic heterocycles. The monoisotopic (exact) mass is 499 g/mol. The summed E-state index contributed by atoms with van der Waals surface area (Å²) in [5, 5.41) is 6.00. The van der Waals surface area contributed by atoms with Gasteiger partial charge in [-0.3, -0.25) is 9.59 Å². The van der Waals surface area contributed by atoms with Crippen LogP contribution in [0, 0.1) is 25.7 Å². The molecule has 8 heteroatoms. The lowest BCUT2D eigenvalue weighted by Gasteiger charge is -2.36. The lowest BCUT2D eigenvalue weighted by molar-refractivity contribution is -0.125. The average molecular weight is 500 g/mol. The Balaban J connectivity index is 1.76. The summed E-state index contributed by atoms with van der Waals surface area (Å²) in [5.41, 5.74) is 2.36. The molecule has 1 fully saturated rings. The van der Waals surface area contributed by atoms with Gasteiger partial charge in [-0.05, 0) is 69.2 Å². The standard InChI is InChI=1S/C27H37N3O4S/c1-18(2)21(5)28-27(32)25(29-26(31)24-9-7-6-8-20(24)4)22-14-16-30(17-15-22)35(33,34)23-12-10-19(3)11-13-23/h6-13,18,21-22,25H,14-17H2,1-5H3,(H,28,32)(H,29,31)/t21-,25-/m0/s1. The molecule has 0 radical (unpaired) electrons. The first-order chi connectivity index (χ1) is 16.5. The fraction of sp³-hybridized carbons (Fsp3) is 0.481. The summed E-state index contributed by atoms with van der Waals surface area (Å²) in [4.78, 5) is 26.6. The molecule has 1 aliphatic heterocycles. The van der Waals surface area contributed by atoms with Crippen molar-refractivity contribution >= 4 is 21.8 Å². The van der Waals surface area contributed by atoms with Gasteiger partial charge in [0.05, 0.1) is 4.90 Å². The first kappa shape index (κ1) is 26.9. The number of nitrogens with one attached hydrogen (secondary N) is 2. The Kier molecular flexibility index (Phi) is 8.72. The number of hydrogen-bond donors (Lipinski definition) is 2. The first-order valence-corrected chi connectivity index (χ1v) is 13.7. The van der Waals surface area contributed by atoms with E-state index in [0.717, 1.165) is 11.1 Å². The van der Waals surface area contributed by atoms with Crippen LogP contribution in [-0.4, -0.2) is 49.7 Å². The van der Waals surface area contributed by atoms with Crippen LogP contribution in [0.2, 0.25) is 0 Å². The zero-order valence-electron chi connectivity index (χ0n) is 21.2. The van der Waals surface area contributed by atoms with Gasteiger partial charge in [0, 0.05) is 24.7 Å². The van der Waals surface area contributed by atoms with Crippen molar-refractivity contribution < 1.29 is 18.0 Å². The van der Waals surface area contributed by atoms with Crippen LogP contribution in [0.1, 0.15) is 55.1 Å². The Morgan fingerprint density at radius 1 is 0.914 bits per heavy atom. The van der Waals surface area contributed by atoms with E-state index < -0.39 is 16.1 Å². The van der Waals surface area contributed by atoms with Crippen LogP contribution >= 0.6 is 0 Å². The van der Waals surface area contributed by atoms with Crippen molar-refractivity contribution in [3.63, 3.8) is 0 Å². The number of amides is 2. The zero-order chi connectivity index (χ0) is 25.8. The fourth-order valence-electron chi connectivity index (χ4n) is 4.23. The van der Waals surface area contributed by atoms with E-state index in [4.69, 9.17) is 0 Å². The second-order valence-electron chi connectivity index (χ2n) is 9.86. The Labute approximate surface area is 209 Å². The van der Waals surface area contributed by atoms with Crippen LogP contribution in [0.15, 0.2) is 53.4 Å².